The number of hydrogen-bond acceptors (Lipinski definition) is 3. The van der Waals surface area contributed by atoms with Crippen LogP contribution < -0.4 is 0 Å². The van der Waals surface area contributed by atoms with Gasteiger partial charge in [0.25, 0.3) is 0 Å². The minimum Gasteiger partial charge on any atom is -0.493 e. The Morgan fingerprint density at radius 1 is 1.19 bits per heavy atom. The van der Waals surface area contributed by atoms with Crippen LogP contribution in [0.3, 0.4) is 0 Å². The standard InChI is InChI=1S/C23H30FNO2/c1-3-4-8-15-27-18(2)9-6-5-7-10-19-11-13-21(22(24)16-19)20-12-14-23(26)25-17-20/h7,10-14,16-18H,3-6,8-9,15H2,1-2H3,(H,25,26)/b10-7+. The van der Waals surface area contributed by atoms with Crippen molar-refractivity contribution in [2.24, 2.45) is 0 Å². The minimum atomic E-state index is -0.293. The van der Waals surface area contributed by atoms with Crippen molar-refractivity contribution < 1.29 is 14.2 Å². The topological polar surface area (TPSA) is 42.4 Å². The molecule has 0 aliphatic rings. The van der Waals surface area contributed by atoms with Gasteiger partial charge in [0.1, 0.15) is 5.82 Å². The number of unbranched alkanes of at least 4 members (excludes halogenated alkanes) is 3. The molecule has 0 saturated carbocycles. The molecule has 0 bridgehead atoms. The zero-order chi connectivity index (χ0) is 19.5. The predicted octanol–water partition coefficient (Wildman–Crippen LogP) is 6.37. The van der Waals surface area contributed by atoms with E-state index in [1.807, 2.05) is 12.1 Å². The molecule has 0 aliphatic heterocycles. The third kappa shape index (κ3) is 7.51. The van der Waals surface area contributed by atoms with Gasteiger partial charge in [-0.2, -0.15) is 0 Å². The van der Waals surface area contributed by atoms with E-state index in [-0.39, 0.29) is 11.7 Å². The van der Waals surface area contributed by atoms with E-state index in [9.17, 15) is 9.50 Å². The summed E-state index contributed by atoms with van der Waals surface area (Å²) < 4.78 is 20.1. The zero-order valence-electron chi connectivity index (χ0n) is 16.3. The number of ether oxygens (including phenoxy) is 1. The molecule has 27 heavy (non-hydrogen) atoms. The van der Waals surface area contributed by atoms with Crippen molar-refractivity contribution in [3.05, 3.63) is 54.0 Å². The van der Waals surface area contributed by atoms with Gasteiger partial charge in [-0.15, -0.1) is 0 Å². The number of nitrogens with zero attached hydrogens (tertiary/aromatic N) is 1. The average Bonchev–Trinajstić information content (AvgIpc) is 2.66. The number of aromatic hydroxyl groups is 1. The Morgan fingerprint density at radius 3 is 2.74 bits per heavy atom. The Bertz CT molecular complexity index is 713. The maximum atomic E-state index is 14.4. The lowest BCUT2D eigenvalue weighted by Crippen LogP contribution is -2.08. The third-order valence-electron chi connectivity index (χ3n) is 4.49. The van der Waals surface area contributed by atoms with Gasteiger partial charge in [0.05, 0.1) is 6.10 Å². The largest absolute Gasteiger partial charge is 0.493 e. The van der Waals surface area contributed by atoms with E-state index in [0.29, 0.717) is 17.2 Å². The van der Waals surface area contributed by atoms with Crippen molar-refractivity contribution in [2.75, 3.05) is 6.61 Å². The van der Waals surface area contributed by atoms with E-state index in [1.54, 1.807) is 12.1 Å². The second kappa shape index (κ2) is 11.5. The normalized spacial score (nSPS) is 12.6. The molecule has 1 N–H and O–H groups in total. The summed E-state index contributed by atoms with van der Waals surface area (Å²) in [5.41, 5.74) is 1.97. The van der Waals surface area contributed by atoms with Crippen LogP contribution >= 0.6 is 0 Å². The fourth-order valence-electron chi connectivity index (χ4n) is 2.88. The fourth-order valence-corrected chi connectivity index (χ4v) is 2.88. The number of aromatic nitrogens is 1. The monoisotopic (exact) mass is 371 g/mol. The molecule has 146 valence electrons. The van der Waals surface area contributed by atoms with Gasteiger partial charge in [0, 0.05) is 30.0 Å². The van der Waals surface area contributed by atoms with Crippen molar-refractivity contribution in [3.63, 3.8) is 0 Å². The Hall–Kier alpha value is -2.20. The lowest BCUT2D eigenvalue weighted by Gasteiger charge is -2.12. The summed E-state index contributed by atoms with van der Waals surface area (Å²) in [6.07, 6.45) is 12.4. The molecule has 2 rings (SSSR count). The van der Waals surface area contributed by atoms with Gasteiger partial charge in [-0.05, 0) is 50.3 Å². The van der Waals surface area contributed by atoms with Crippen molar-refractivity contribution in [1.29, 1.82) is 0 Å². The Balaban J connectivity index is 1.77. The molecular weight excluding hydrogens is 341 g/mol. The van der Waals surface area contributed by atoms with E-state index in [1.165, 1.54) is 31.2 Å². The van der Waals surface area contributed by atoms with Crippen LogP contribution in [0, 0.1) is 5.82 Å². The van der Waals surface area contributed by atoms with Crippen LogP contribution in [-0.2, 0) is 4.74 Å². The summed E-state index contributed by atoms with van der Waals surface area (Å²) in [6, 6.07) is 8.27. The van der Waals surface area contributed by atoms with Crippen molar-refractivity contribution in [2.45, 2.75) is 58.5 Å². The highest BCUT2D eigenvalue weighted by Crippen LogP contribution is 2.24. The zero-order valence-corrected chi connectivity index (χ0v) is 16.3. The lowest BCUT2D eigenvalue weighted by atomic mass is 10.0. The third-order valence-corrected chi connectivity index (χ3v) is 4.49. The Morgan fingerprint density at radius 2 is 2.04 bits per heavy atom. The smallest absolute Gasteiger partial charge is 0.210 e. The highest BCUT2D eigenvalue weighted by Gasteiger charge is 2.06. The van der Waals surface area contributed by atoms with Gasteiger partial charge in [-0.25, -0.2) is 9.37 Å². The Labute approximate surface area is 161 Å². The summed E-state index contributed by atoms with van der Waals surface area (Å²) >= 11 is 0. The molecule has 0 amide bonds. The number of hydrogen-bond donors (Lipinski definition) is 1. The van der Waals surface area contributed by atoms with Crippen LogP contribution in [0.4, 0.5) is 4.39 Å². The van der Waals surface area contributed by atoms with Gasteiger partial charge < -0.3 is 9.84 Å². The SMILES string of the molecule is CCCCCOC(C)CCC/C=C/c1ccc(-c2ccc(O)nc2)c(F)c1. The summed E-state index contributed by atoms with van der Waals surface area (Å²) in [6.45, 7) is 5.18. The van der Waals surface area contributed by atoms with Crippen LogP contribution in [0.5, 0.6) is 5.88 Å². The molecule has 2 aromatic rings. The first-order valence-electron chi connectivity index (χ1n) is 9.83. The molecule has 3 nitrogen and oxygen atoms in total. The van der Waals surface area contributed by atoms with Gasteiger partial charge in [0.15, 0.2) is 0 Å². The maximum Gasteiger partial charge on any atom is 0.210 e. The van der Waals surface area contributed by atoms with Gasteiger partial charge in [-0.1, -0.05) is 44.1 Å². The van der Waals surface area contributed by atoms with Gasteiger partial charge in [-0.3, -0.25) is 0 Å². The molecule has 0 saturated heterocycles. The molecule has 1 atom stereocenters. The molecular formula is C23H30FNO2. The van der Waals surface area contributed by atoms with Crippen LogP contribution in [-0.4, -0.2) is 22.8 Å². The first-order chi connectivity index (χ1) is 13.1. The van der Waals surface area contributed by atoms with E-state index in [4.69, 9.17) is 4.74 Å². The van der Waals surface area contributed by atoms with Gasteiger partial charge >= 0.3 is 0 Å². The Kier molecular flexibility index (Phi) is 8.99. The highest BCUT2D eigenvalue weighted by atomic mass is 19.1. The van der Waals surface area contributed by atoms with E-state index in [2.05, 4.69) is 24.9 Å². The molecule has 0 spiro atoms. The van der Waals surface area contributed by atoms with E-state index >= 15 is 0 Å². The van der Waals surface area contributed by atoms with Crippen molar-refractivity contribution in [3.8, 4) is 17.0 Å². The summed E-state index contributed by atoms with van der Waals surface area (Å²) in [5.74, 6) is -0.363. The number of halogens is 1. The van der Waals surface area contributed by atoms with Crippen molar-refractivity contribution >= 4 is 6.08 Å². The van der Waals surface area contributed by atoms with Crippen LogP contribution in [0.2, 0.25) is 0 Å². The number of pyridine rings is 1. The number of benzene rings is 1. The number of rotatable bonds is 11. The quantitative estimate of drug-likeness (QED) is 0.467. The second-order valence-electron chi connectivity index (χ2n) is 6.87. The van der Waals surface area contributed by atoms with E-state index in [0.717, 1.165) is 37.9 Å². The molecule has 4 heteroatoms. The molecule has 0 radical (unpaired) electrons. The predicted molar refractivity (Wildman–Crippen MR) is 109 cm³/mol. The summed E-state index contributed by atoms with van der Waals surface area (Å²) in [5, 5.41) is 9.23. The van der Waals surface area contributed by atoms with Crippen molar-refractivity contribution in [1.82, 2.24) is 4.98 Å². The molecule has 1 unspecified atom stereocenters. The molecule has 1 heterocycles. The molecule has 1 aromatic heterocycles. The fraction of sp³-hybridized carbons (Fsp3) is 0.435. The van der Waals surface area contributed by atoms with Crippen LogP contribution in [0.25, 0.3) is 17.2 Å². The number of allylic oxidation sites excluding steroid dienone is 1. The van der Waals surface area contributed by atoms with Crippen LogP contribution in [0.1, 0.15) is 57.9 Å². The van der Waals surface area contributed by atoms with E-state index < -0.39 is 0 Å². The molecule has 0 aliphatic carbocycles. The maximum absolute atomic E-state index is 14.4. The lowest BCUT2D eigenvalue weighted by molar-refractivity contribution is 0.0566. The minimum absolute atomic E-state index is 0.0700. The average molecular weight is 371 g/mol. The summed E-state index contributed by atoms with van der Waals surface area (Å²) in [7, 11) is 0. The summed E-state index contributed by atoms with van der Waals surface area (Å²) in [4.78, 5) is 3.80. The molecule has 0 fully saturated rings. The van der Waals surface area contributed by atoms with Gasteiger partial charge in [0.2, 0.25) is 5.88 Å². The van der Waals surface area contributed by atoms with Crippen LogP contribution in [0.15, 0.2) is 42.6 Å². The first kappa shape index (κ1) is 21.1. The molecule has 1 aromatic carbocycles. The highest BCUT2D eigenvalue weighted by molar-refractivity contribution is 5.66. The first-order valence-corrected chi connectivity index (χ1v) is 9.83. The second-order valence-corrected chi connectivity index (χ2v) is 6.87.